The van der Waals surface area contributed by atoms with Crippen LogP contribution >= 0.6 is 12.4 Å². The number of benzene rings is 1. The molecule has 0 bridgehead atoms. The van der Waals surface area contributed by atoms with Gasteiger partial charge in [-0.1, -0.05) is 0 Å². The van der Waals surface area contributed by atoms with E-state index in [1.807, 2.05) is 0 Å². The Kier molecular flexibility index (Phi) is 5.71. The largest absolute Gasteiger partial charge is 0.416 e. The van der Waals surface area contributed by atoms with Gasteiger partial charge in [-0.15, -0.1) is 12.4 Å². The summed E-state index contributed by atoms with van der Waals surface area (Å²) in [5.74, 6) is 0.783. The molecule has 9 heteroatoms. The average molecular weight is 363 g/mol. The predicted octanol–water partition coefficient (Wildman–Crippen LogP) is 2.78. The lowest BCUT2D eigenvalue weighted by atomic mass is 9.98. The highest BCUT2D eigenvalue weighted by atomic mass is 35.5. The number of aromatic nitrogens is 2. The van der Waals surface area contributed by atoms with Crippen molar-refractivity contribution in [3.63, 3.8) is 0 Å². The molecule has 0 spiro atoms. The highest BCUT2D eigenvalue weighted by Gasteiger charge is 2.30. The van der Waals surface area contributed by atoms with Crippen LogP contribution in [0.1, 0.15) is 18.4 Å². The smallest absolute Gasteiger partial charge is 0.355 e. The molecule has 3 N–H and O–H groups in total. The number of aromatic amines is 1. The van der Waals surface area contributed by atoms with Crippen LogP contribution in [0.3, 0.4) is 0 Å². The van der Waals surface area contributed by atoms with Crippen molar-refractivity contribution in [1.82, 2.24) is 15.3 Å². The molecule has 24 heavy (non-hydrogen) atoms. The second-order valence-electron chi connectivity index (χ2n) is 5.72. The van der Waals surface area contributed by atoms with Crippen LogP contribution < -0.4 is 16.2 Å². The summed E-state index contributed by atoms with van der Waals surface area (Å²) in [6.07, 6.45) is -2.40. The van der Waals surface area contributed by atoms with Crippen LogP contribution in [0.5, 0.6) is 0 Å². The summed E-state index contributed by atoms with van der Waals surface area (Å²) in [7, 11) is 0. The minimum absolute atomic E-state index is 0. The number of piperidine rings is 1. The number of hydrogen-bond donors (Lipinski definition) is 3. The Balaban J connectivity index is 0.00000208. The first-order valence-corrected chi connectivity index (χ1v) is 7.49. The first kappa shape index (κ1) is 18.5. The fraction of sp³-hybridized carbons (Fsp3) is 0.467. The molecule has 1 saturated heterocycles. The van der Waals surface area contributed by atoms with Crippen molar-refractivity contribution in [2.75, 3.05) is 25.0 Å². The van der Waals surface area contributed by atoms with Crippen LogP contribution in [0.4, 0.5) is 19.1 Å². The second kappa shape index (κ2) is 7.40. The standard InChI is InChI=1S/C15H17F3N4O.ClH/c16-15(17,18)10-1-2-12-11(7-10)13(23)22-14(21-12)20-8-9-3-5-19-6-4-9;/h1-2,7,9,19H,3-6,8H2,(H2,20,21,22,23);1H. The van der Waals surface area contributed by atoms with Crippen LogP contribution in [-0.2, 0) is 6.18 Å². The van der Waals surface area contributed by atoms with E-state index in [0.29, 0.717) is 18.4 Å². The Hall–Kier alpha value is -1.80. The molecule has 1 aromatic carbocycles. The lowest BCUT2D eigenvalue weighted by Crippen LogP contribution is -2.31. The Morgan fingerprint density at radius 1 is 1.25 bits per heavy atom. The molecule has 5 nitrogen and oxygen atoms in total. The van der Waals surface area contributed by atoms with Crippen LogP contribution in [-0.4, -0.2) is 29.6 Å². The Labute approximate surface area is 142 Å². The van der Waals surface area contributed by atoms with E-state index in [1.54, 1.807) is 0 Å². The quantitative estimate of drug-likeness (QED) is 0.785. The first-order valence-electron chi connectivity index (χ1n) is 7.49. The zero-order valence-electron chi connectivity index (χ0n) is 12.7. The molecule has 0 radical (unpaired) electrons. The summed E-state index contributed by atoms with van der Waals surface area (Å²) < 4.78 is 38.1. The van der Waals surface area contributed by atoms with Gasteiger partial charge < -0.3 is 10.6 Å². The third kappa shape index (κ3) is 4.18. The molecule has 0 aliphatic carbocycles. The van der Waals surface area contributed by atoms with Gasteiger partial charge in [0.1, 0.15) is 0 Å². The summed E-state index contributed by atoms with van der Waals surface area (Å²) in [6.45, 7) is 2.61. The SMILES string of the molecule is Cl.O=c1[nH]c(NCC2CCNCC2)nc2ccc(C(F)(F)F)cc12. The van der Waals surface area contributed by atoms with E-state index >= 15 is 0 Å². The molecule has 1 aliphatic rings. The number of nitrogens with one attached hydrogen (secondary N) is 3. The monoisotopic (exact) mass is 362 g/mol. The van der Waals surface area contributed by atoms with E-state index in [9.17, 15) is 18.0 Å². The third-order valence-corrected chi connectivity index (χ3v) is 4.05. The average Bonchev–Trinajstić information content (AvgIpc) is 2.53. The van der Waals surface area contributed by atoms with Gasteiger partial charge in [0.2, 0.25) is 5.95 Å². The highest BCUT2D eigenvalue weighted by molar-refractivity contribution is 5.85. The summed E-state index contributed by atoms with van der Waals surface area (Å²) >= 11 is 0. The number of alkyl halides is 3. The zero-order valence-corrected chi connectivity index (χ0v) is 13.6. The topological polar surface area (TPSA) is 69.8 Å². The third-order valence-electron chi connectivity index (χ3n) is 4.05. The van der Waals surface area contributed by atoms with E-state index in [-0.39, 0.29) is 23.3 Å². The van der Waals surface area contributed by atoms with Crippen LogP contribution in [0, 0.1) is 5.92 Å². The molecule has 0 amide bonds. The zero-order chi connectivity index (χ0) is 16.4. The molecule has 2 heterocycles. The van der Waals surface area contributed by atoms with Gasteiger partial charge in [-0.25, -0.2) is 4.98 Å². The van der Waals surface area contributed by atoms with E-state index in [2.05, 4.69) is 20.6 Å². The van der Waals surface area contributed by atoms with Gasteiger partial charge in [0.05, 0.1) is 16.5 Å². The minimum Gasteiger partial charge on any atom is -0.355 e. The van der Waals surface area contributed by atoms with Crippen LogP contribution in [0.15, 0.2) is 23.0 Å². The summed E-state index contributed by atoms with van der Waals surface area (Å²) in [5.41, 5.74) is -1.18. The van der Waals surface area contributed by atoms with E-state index < -0.39 is 17.3 Å². The van der Waals surface area contributed by atoms with Crippen molar-refractivity contribution in [2.24, 2.45) is 5.92 Å². The predicted molar refractivity (Wildman–Crippen MR) is 88.7 cm³/mol. The van der Waals surface area contributed by atoms with E-state index in [0.717, 1.165) is 38.1 Å². The molecular formula is C15H18ClF3N4O. The number of anilines is 1. The van der Waals surface area contributed by atoms with Crippen molar-refractivity contribution in [3.05, 3.63) is 34.1 Å². The molecule has 2 aromatic rings. The van der Waals surface area contributed by atoms with Crippen molar-refractivity contribution < 1.29 is 13.2 Å². The number of nitrogens with zero attached hydrogens (tertiary/aromatic N) is 1. The summed E-state index contributed by atoms with van der Waals surface area (Å²) in [6, 6.07) is 2.99. The highest BCUT2D eigenvalue weighted by Crippen LogP contribution is 2.30. The lowest BCUT2D eigenvalue weighted by Gasteiger charge is -2.22. The Morgan fingerprint density at radius 2 is 1.96 bits per heavy atom. The van der Waals surface area contributed by atoms with Gasteiger partial charge in [0.25, 0.3) is 5.56 Å². The second-order valence-corrected chi connectivity index (χ2v) is 5.72. The van der Waals surface area contributed by atoms with E-state index in [1.165, 1.54) is 6.07 Å². The number of H-pyrrole nitrogens is 1. The van der Waals surface area contributed by atoms with Crippen molar-refractivity contribution in [1.29, 1.82) is 0 Å². The number of hydrogen-bond acceptors (Lipinski definition) is 4. The van der Waals surface area contributed by atoms with Gasteiger partial charge in [-0.3, -0.25) is 9.78 Å². The molecule has 0 saturated carbocycles. The van der Waals surface area contributed by atoms with Gasteiger partial charge in [0, 0.05) is 6.54 Å². The summed E-state index contributed by atoms with van der Waals surface area (Å²) in [5, 5.41) is 6.28. The normalized spacial score (nSPS) is 16.0. The van der Waals surface area contributed by atoms with Gasteiger partial charge >= 0.3 is 6.18 Å². The number of halogens is 4. The first-order chi connectivity index (χ1) is 10.9. The van der Waals surface area contributed by atoms with Crippen molar-refractivity contribution >= 4 is 29.3 Å². The maximum absolute atomic E-state index is 12.7. The molecule has 132 valence electrons. The van der Waals surface area contributed by atoms with Crippen molar-refractivity contribution in [3.8, 4) is 0 Å². The van der Waals surface area contributed by atoms with Crippen LogP contribution in [0.2, 0.25) is 0 Å². The fourth-order valence-electron chi connectivity index (χ4n) is 2.73. The number of rotatable bonds is 3. The summed E-state index contributed by atoms with van der Waals surface area (Å²) in [4.78, 5) is 18.7. The van der Waals surface area contributed by atoms with Gasteiger partial charge in [-0.2, -0.15) is 13.2 Å². The minimum atomic E-state index is -4.48. The molecule has 1 aliphatic heterocycles. The lowest BCUT2D eigenvalue weighted by molar-refractivity contribution is -0.137. The van der Waals surface area contributed by atoms with Gasteiger partial charge in [-0.05, 0) is 50.0 Å². The fourth-order valence-corrected chi connectivity index (χ4v) is 2.73. The van der Waals surface area contributed by atoms with E-state index in [4.69, 9.17) is 0 Å². The van der Waals surface area contributed by atoms with Gasteiger partial charge in [0.15, 0.2) is 0 Å². The molecule has 0 atom stereocenters. The maximum atomic E-state index is 12.7. The molecule has 1 fully saturated rings. The molecule has 0 unspecified atom stereocenters. The molecular weight excluding hydrogens is 345 g/mol. The van der Waals surface area contributed by atoms with Crippen molar-refractivity contribution in [2.45, 2.75) is 19.0 Å². The molecule has 1 aromatic heterocycles. The molecule has 3 rings (SSSR count). The Bertz CT molecular complexity index is 756. The van der Waals surface area contributed by atoms with Crippen LogP contribution in [0.25, 0.3) is 10.9 Å². The Morgan fingerprint density at radius 3 is 2.62 bits per heavy atom. The number of fused-ring (bicyclic) bond motifs is 1. The maximum Gasteiger partial charge on any atom is 0.416 e.